The third kappa shape index (κ3) is 5.76. The fourth-order valence-electron chi connectivity index (χ4n) is 2.11. The lowest BCUT2D eigenvalue weighted by Crippen LogP contribution is -2.37. The summed E-state index contributed by atoms with van der Waals surface area (Å²) in [5.74, 6) is 0.782. The van der Waals surface area contributed by atoms with E-state index in [4.69, 9.17) is 0 Å². The van der Waals surface area contributed by atoms with Crippen molar-refractivity contribution >= 4 is 23.6 Å². The van der Waals surface area contributed by atoms with Crippen LogP contribution in [0.25, 0.3) is 0 Å². The van der Waals surface area contributed by atoms with Crippen LogP contribution in [0.2, 0.25) is 0 Å². The Morgan fingerprint density at radius 1 is 1.33 bits per heavy atom. The maximum absolute atomic E-state index is 11.7. The van der Waals surface area contributed by atoms with Gasteiger partial charge in [0, 0.05) is 11.8 Å². The van der Waals surface area contributed by atoms with Crippen LogP contribution in [0, 0.1) is 5.92 Å². The number of rotatable bonds is 6. The predicted octanol–water partition coefficient (Wildman–Crippen LogP) is 1.98. The first-order chi connectivity index (χ1) is 8.63. The van der Waals surface area contributed by atoms with Crippen molar-refractivity contribution in [2.75, 3.05) is 18.6 Å². The summed E-state index contributed by atoms with van der Waals surface area (Å²) in [6.07, 6.45) is 5.94. The van der Waals surface area contributed by atoms with E-state index in [0.717, 1.165) is 12.8 Å². The highest BCUT2D eigenvalue weighted by Gasteiger charge is 2.17. The van der Waals surface area contributed by atoms with Crippen LogP contribution in [0.5, 0.6) is 0 Å². The largest absolute Gasteiger partial charge is 0.469 e. The zero-order valence-electron chi connectivity index (χ0n) is 11.2. The van der Waals surface area contributed by atoms with Gasteiger partial charge in [-0.15, -0.1) is 0 Å². The summed E-state index contributed by atoms with van der Waals surface area (Å²) in [4.78, 5) is 22.9. The van der Waals surface area contributed by atoms with Gasteiger partial charge in [0.25, 0.3) is 0 Å². The van der Waals surface area contributed by atoms with Crippen LogP contribution >= 0.6 is 11.8 Å². The van der Waals surface area contributed by atoms with Gasteiger partial charge in [0.05, 0.1) is 18.8 Å². The number of thioether (sulfide) groups is 1. The molecule has 1 aliphatic rings. The molecule has 0 saturated heterocycles. The van der Waals surface area contributed by atoms with Crippen LogP contribution in [0.15, 0.2) is 0 Å². The normalized spacial score (nSPS) is 18.1. The minimum absolute atomic E-state index is 0.0870. The van der Waals surface area contributed by atoms with Gasteiger partial charge in [-0.05, 0) is 12.8 Å². The summed E-state index contributed by atoms with van der Waals surface area (Å²) in [5.41, 5.74) is 0. The topological polar surface area (TPSA) is 55.4 Å². The van der Waals surface area contributed by atoms with E-state index in [0.29, 0.717) is 17.5 Å². The number of methoxy groups -OCH3 is 1. The molecule has 1 saturated carbocycles. The summed E-state index contributed by atoms with van der Waals surface area (Å²) in [6.45, 7) is 1.82. The van der Waals surface area contributed by atoms with Crippen LogP contribution in [0.1, 0.15) is 39.0 Å². The fraction of sp³-hybridized carbons (Fsp3) is 0.846. The molecule has 0 heterocycles. The van der Waals surface area contributed by atoms with Crippen molar-refractivity contribution in [3.8, 4) is 0 Å². The molecule has 18 heavy (non-hydrogen) atoms. The fourth-order valence-corrected chi connectivity index (χ4v) is 2.99. The van der Waals surface area contributed by atoms with Crippen molar-refractivity contribution in [1.29, 1.82) is 0 Å². The van der Waals surface area contributed by atoms with Gasteiger partial charge >= 0.3 is 5.97 Å². The summed E-state index contributed by atoms with van der Waals surface area (Å²) in [6, 6.07) is 0.366. The second-order valence-corrected chi connectivity index (χ2v) is 5.87. The van der Waals surface area contributed by atoms with Crippen molar-refractivity contribution in [3.63, 3.8) is 0 Å². The van der Waals surface area contributed by atoms with E-state index in [9.17, 15) is 9.59 Å². The Hall–Kier alpha value is -0.710. The lowest BCUT2D eigenvalue weighted by molar-refractivity contribution is -0.144. The first kappa shape index (κ1) is 15.3. The van der Waals surface area contributed by atoms with E-state index in [1.165, 1.54) is 38.1 Å². The summed E-state index contributed by atoms with van der Waals surface area (Å²) in [7, 11) is 1.39. The number of hydrogen-bond acceptors (Lipinski definition) is 4. The highest BCUT2D eigenvalue weighted by molar-refractivity contribution is 7.99. The van der Waals surface area contributed by atoms with Gasteiger partial charge in [0.2, 0.25) is 5.91 Å². The van der Waals surface area contributed by atoms with E-state index in [2.05, 4.69) is 10.1 Å². The maximum Gasteiger partial charge on any atom is 0.309 e. The van der Waals surface area contributed by atoms with Gasteiger partial charge in [0.15, 0.2) is 0 Å². The zero-order valence-corrected chi connectivity index (χ0v) is 12.1. The molecule has 1 rings (SSSR count). The third-order valence-electron chi connectivity index (χ3n) is 3.17. The molecule has 0 bridgehead atoms. The zero-order chi connectivity index (χ0) is 13.4. The molecule has 0 spiro atoms. The molecule has 1 unspecified atom stereocenters. The Kier molecular flexibility index (Phi) is 7.16. The average Bonchev–Trinajstić information content (AvgIpc) is 2.38. The standard InChI is InChI=1S/C13H23NO3S/c1-10(13(16)17-2)8-18-9-12(15)14-11-6-4-3-5-7-11/h10-11H,3-9H2,1-2H3,(H,14,15). The lowest BCUT2D eigenvalue weighted by Gasteiger charge is -2.22. The monoisotopic (exact) mass is 273 g/mol. The van der Waals surface area contributed by atoms with Crippen LogP contribution in [-0.2, 0) is 14.3 Å². The van der Waals surface area contributed by atoms with E-state index in [-0.39, 0.29) is 17.8 Å². The molecule has 0 aromatic rings. The van der Waals surface area contributed by atoms with Crippen molar-refractivity contribution in [2.24, 2.45) is 5.92 Å². The second kappa shape index (κ2) is 8.40. The number of ether oxygens (including phenoxy) is 1. The third-order valence-corrected chi connectivity index (χ3v) is 4.38. The average molecular weight is 273 g/mol. The van der Waals surface area contributed by atoms with Crippen LogP contribution in [0.3, 0.4) is 0 Å². The summed E-state index contributed by atoms with van der Waals surface area (Å²) < 4.78 is 4.64. The van der Waals surface area contributed by atoms with Gasteiger partial charge < -0.3 is 10.1 Å². The molecule has 0 radical (unpaired) electrons. The van der Waals surface area contributed by atoms with E-state index in [1.807, 2.05) is 6.92 Å². The Balaban J connectivity index is 2.11. The lowest BCUT2D eigenvalue weighted by atomic mass is 9.95. The summed E-state index contributed by atoms with van der Waals surface area (Å²) >= 11 is 1.49. The Morgan fingerprint density at radius 3 is 2.61 bits per heavy atom. The highest BCUT2D eigenvalue weighted by Crippen LogP contribution is 2.17. The van der Waals surface area contributed by atoms with Gasteiger partial charge in [-0.2, -0.15) is 11.8 Å². The van der Waals surface area contributed by atoms with Crippen LogP contribution in [0.4, 0.5) is 0 Å². The van der Waals surface area contributed by atoms with Crippen molar-refractivity contribution in [1.82, 2.24) is 5.32 Å². The van der Waals surface area contributed by atoms with Gasteiger partial charge in [-0.3, -0.25) is 9.59 Å². The molecule has 0 aliphatic heterocycles. The van der Waals surface area contributed by atoms with E-state index in [1.54, 1.807) is 0 Å². The molecule has 0 aromatic carbocycles. The number of carbonyl (C=O) groups is 2. The first-order valence-electron chi connectivity index (χ1n) is 6.58. The summed E-state index contributed by atoms with van der Waals surface area (Å²) in [5, 5.41) is 3.06. The van der Waals surface area contributed by atoms with Gasteiger partial charge in [-0.1, -0.05) is 26.2 Å². The Bertz CT molecular complexity index is 277. The van der Waals surface area contributed by atoms with Gasteiger partial charge in [0.1, 0.15) is 0 Å². The molecule has 1 atom stereocenters. The van der Waals surface area contributed by atoms with E-state index >= 15 is 0 Å². The number of hydrogen-bond donors (Lipinski definition) is 1. The second-order valence-electron chi connectivity index (χ2n) is 4.84. The molecule has 0 aromatic heterocycles. The van der Waals surface area contributed by atoms with Crippen molar-refractivity contribution < 1.29 is 14.3 Å². The first-order valence-corrected chi connectivity index (χ1v) is 7.74. The maximum atomic E-state index is 11.7. The molecule has 104 valence electrons. The number of amides is 1. The Labute approximate surface area is 113 Å². The molecule has 1 aliphatic carbocycles. The molecule has 1 N–H and O–H groups in total. The van der Waals surface area contributed by atoms with Crippen molar-refractivity contribution in [3.05, 3.63) is 0 Å². The molecule has 4 nitrogen and oxygen atoms in total. The number of esters is 1. The Morgan fingerprint density at radius 2 is 2.00 bits per heavy atom. The number of carbonyl (C=O) groups excluding carboxylic acids is 2. The van der Waals surface area contributed by atoms with Gasteiger partial charge in [-0.25, -0.2) is 0 Å². The minimum atomic E-state index is -0.213. The highest BCUT2D eigenvalue weighted by atomic mass is 32.2. The number of nitrogens with one attached hydrogen (secondary N) is 1. The smallest absolute Gasteiger partial charge is 0.309 e. The molecular formula is C13H23NO3S. The van der Waals surface area contributed by atoms with Crippen molar-refractivity contribution in [2.45, 2.75) is 45.1 Å². The molecule has 5 heteroatoms. The predicted molar refractivity (Wildman–Crippen MR) is 73.5 cm³/mol. The molecule has 1 fully saturated rings. The quantitative estimate of drug-likeness (QED) is 0.752. The van der Waals surface area contributed by atoms with E-state index < -0.39 is 0 Å². The molecule has 1 amide bonds. The minimum Gasteiger partial charge on any atom is -0.469 e. The molecular weight excluding hydrogens is 250 g/mol. The van der Waals surface area contributed by atoms with Crippen LogP contribution in [-0.4, -0.2) is 36.5 Å². The SMILES string of the molecule is COC(=O)C(C)CSCC(=O)NC1CCCCC1. The van der Waals surface area contributed by atoms with Crippen LogP contribution < -0.4 is 5.32 Å².